The van der Waals surface area contributed by atoms with E-state index >= 15 is 0 Å². The first-order chi connectivity index (χ1) is 6.87. The van der Waals surface area contributed by atoms with E-state index in [9.17, 15) is 13.2 Å². The average Bonchev–Trinajstić information content (AvgIpc) is 2.11. The van der Waals surface area contributed by atoms with Crippen molar-refractivity contribution in [1.82, 2.24) is 5.32 Å². The highest BCUT2D eigenvalue weighted by Crippen LogP contribution is 1.93. The molecule has 0 bridgehead atoms. The lowest BCUT2D eigenvalue weighted by Gasteiger charge is -2.10. The van der Waals surface area contributed by atoms with E-state index in [2.05, 4.69) is 5.32 Å². The molecular formula is C9H20N2O3S. The number of sulfone groups is 1. The number of hydrogen-bond acceptors (Lipinski definition) is 4. The molecule has 0 aliphatic heterocycles. The number of carbonyl (C=O) groups excluding carboxylic acids is 1. The minimum atomic E-state index is -2.94. The molecule has 0 aliphatic carbocycles. The van der Waals surface area contributed by atoms with Gasteiger partial charge in [0.25, 0.3) is 0 Å². The Morgan fingerprint density at radius 2 is 2.07 bits per heavy atom. The maximum atomic E-state index is 11.3. The Balaban J connectivity index is 3.64. The number of rotatable bonds is 7. The molecule has 0 saturated heterocycles. The van der Waals surface area contributed by atoms with Crippen LogP contribution in [0.3, 0.4) is 0 Å². The summed E-state index contributed by atoms with van der Waals surface area (Å²) in [6.45, 7) is 2.32. The highest BCUT2D eigenvalue weighted by molar-refractivity contribution is 7.90. The fourth-order valence-corrected chi connectivity index (χ4v) is 1.79. The topological polar surface area (TPSA) is 89.3 Å². The molecule has 0 radical (unpaired) electrons. The summed E-state index contributed by atoms with van der Waals surface area (Å²) in [6, 6.07) is -0.478. The Labute approximate surface area is 91.3 Å². The minimum absolute atomic E-state index is 0.0935. The molecule has 1 amide bonds. The first-order valence-electron chi connectivity index (χ1n) is 5.08. The molecule has 0 spiro atoms. The molecule has 15 heavy (non-hydrogen) atoms. The van der Waals surface area contributed by atoms with Gasteiger partial charge in [0.2, 0.25) is 5.91 Å². The summed E-state index contributed by atoms with van der Waals surface area (Å²) in [7, 11) is -2.94. The Bertz CT molecular complexity index is 288. The van der Waals surface area contributed by atoms with Crippen LogP contribution in [-0.4, -0.2) is 38.9 Å². The highest BCUT2D eigenvalue weighted by atomic mass is 32.2. The fraction of sp³-hybridized carbons (Fsp3) is 0.889. The van der Waals surface area contributed by atoms with Gasteiger partial charge in [-0.2, -0.15) is 0 Å². The van der Waals surface area contributed by atoms with Gasteiger partial charge in [-0.05, 0) is 12.8 Å². The number of nitrogens with two attached hydrogens (primary N) is 1. The smallest absolute Gasteiger partial charge is 0.236 e. The summed E-state index contributed by atoms with van der Waals surface area (Å²) in [6.07, 6.45) is 3.12. The largest absolute Gasteiger partial charge is 0.355 e. The van der Waals surface area contributed by atoms with Gasteiger partial charge in [-0.15, -0.1) is 0 Å². The van der Waals surface area contributed by atoms with Gasteiger partial charge in [0.05, 0.1) is 11.8 Å². The molecule has 3 N–H and O–H groups in total. The number of nitrogens with one attached hydrogen (secondary N) is 1. The second-order valence-electron chi connectivity index (χ2n) is 3.67. The predicted molar refractivity (Wildman–Crippen MR) is 60.2 cm³/mol. The summed E-state index contributed by atoms with van der Waals surface area (Å²) in [4.78, 5) is 11.3. The third kappa shape index (κ3) is 8.38. The molecule has 90 valence electrons. The molecule has 0 aromatic carbocycles. The van der Waals surface area contributed by atoms with Crippen LogP contribution in [0.4, 0.5) is 0 Å². The monoisotopic (exact) mass is 236 g/mol. The van der Waals surface area contributed by atoms with Crippen LogP contribution in [0.25, 0.3) is 0 Å². The van der Waals surface area contributed by atoms with E-state index in [4.69, 9.17) is 5.73 Å². The van der Waals surface area contributed by atoms with Gasteiger partial charge in [-0.3, -0.25) is 4.79 Å². The van der Waals surface area contributed by atoms with Crippen LogP contribution >= 0.6 is 0 Å². The van der Waals surface area contributed by atoms with Crippen LogP contribution in [0.2, 0.25) is 0 Å². The Morgan fingerprint density at radius 3 is 2.53 bits per heavy atom. The van der Waals surface area contributed by atoms with Crippen molar-refractivity contribution in [3.05, 3.63) is 0 Å². The van der Waals surface area contributed by atoms with Crippen molar-refractivity contribution >= 4 is 15.7 Å². The molecule has 0 rings (SSSR count). The molecule has 0 fully saturated rings. The van der Waals surface area contributed by atoms with E-state index in [1.54, 1.807) is 0 Å². The zero-order chi connectivity index (χ0) is 11.9. The second kappa shape index (κ2) is 6.79. The van der Waals surface area contributed by atoms with E-state index in [1.807, 2.05) is 6.92 Å². The SMILES string of the molecule is CCCC(N)C(=O)NCCCS(C)(=O)=O. The maximum absolute atomic E-state index is 11.3. The summed E-state index contributed by atoms with van der Waals surface area (Å²) in [5, 5.41) is 2.61. The summed E-state index contributed by atoms with van der Waals surface area (Å²) < 4.78 is 21.5. The van der Waals surface area contributed by atoms with Crippen molar-refractivity contribution in [2.75, 3.05) is 18.6 Å². The quantitative estimate of drug-likeness (QED) is 0.592. The van der Waals surface area contributed by atoms with Gasteiger partial charge in [0.15, 0.2) is 0 Å². The third-order valence-electron chi connectivity index (χ3n) is 1.93. The molecule has 6 heteroatoms. The third-order valence-corrected chi connectivity index (χ3v) is 2.96. The van der Waals surface area contributed by atoms with Gasteiger partial charge < -0.3 is 11.1 Å². The molecular weight excluding hydrogens is 216 g/mol. The van der Waals surface area contributed by atoms with Crippen LogP contribution in [0.1, 0.15) is 26.2 Å². The lowest BCUT2D eigenvalue weighted by molar-refractivity contribution is -0.122. The fourth-order valence-electron chi connectivity index (χ4n) is 1.12. The van der Waals surface area contributed by atoms with Crippen LogP contribution < -0.4 is 11.1 Å². The second-order valence-corrected chi connectivity index (χ2v) is 5.93. The molecule has 1 unspecified atom stereocenters. The standard InChI is InChI=1S/C9H20N2O3S/c1-3-5-8(10)9(12)11-6-4-7-15(2,13)14/h8H,3-7,10H2,1-2H3,(H,11,12). The molecule has 1 atom stereocenters. The zero-order valence-electron chi connectivity index (χ0n) is 9.32. The van der Waals surface area contributed by atoms with Gasteiger partial charge in [-0.25, -0.2) is 8.42 Å². The maximum Gasteiger partial charge on any atom is 0.236 e. The van der Waals surface area contributed by atoms with E-state index in [0.29, 0.717) is 19.4 Å². The van der Waals surface area contributed by atoms with Crippen molar-refractivity contribution in [3.63, 3.8) is 0 Å². The van der Waals surface area contributed by atoms with Crippen LogP contribution in [-0.2, 0) is 14.6 Å². The van der Waals surface area contributed by atoms with E-state index in [1.165, 1.54) is 6.26 Å². The molecule has 0 aromatic heterocycles. The molecule has 5 nitrogen and oxygen atoms in total. The zero-order valence-corrected chi connectivity index (χ0v) is 10.1. The minimum Gasteiger partial charge on any atom is -0.355 e. The molecule has 0 heterocycles. The van der Waals surface area contributed by atoms with Crippen molar-refractivity contribution in [2.24, 2.45) is 5.73 Å². The van der Waals surface area contributed by atoms with E-state index in [0.717, 1.165) is 6.42 Å². The summed E-state index contributed by atoms with van der Waals surface area (Å²) in [5.74, 6) is -0.110. The van der Waals surface area contributed by atoms with Crippen molar-refractivity contribution < 1.29 is 13.2 Å². The van der Waals surface area contributed by atoms with Gasteiger partial charge >= 0.3 is 0 Å². The lowest BCUT2D eigenvalue weighted by atomic mass is 10.2. The Morgan fingerprint density at radius 1 is 1.47 bits per heavy atom. The number of hydrogen-bond donors (Lipinski definition) is 2. The van der Waals surface area contributed by atoms with E-state index < -0.39 is 15.9 Å². The van der Waals surface area contributed by atoms with Crippen molar-refractivity contribution in [2.45, 2.75) is 32.2 Å². The summed E-state index contributed by atoms with van der Waals surface area (Å²) >= 11 is 0. The van der Waals surface area contributed by atoms with Crippen molar-refractivity contribution in [3.8, 4) is 0 Å². The highest BCUT2D eigenvalue weighted by Gasteiger charge is 2.11. The molecule has 0 aromatic rings. The first-order valence-corrected chi connectivity index (χ1v) is 7.14. The van der Waals surface area contributed by atoms with Gasteiger partial charge in [0, 0.05) is 12.8 Å². The Hall–Kier alpha value is -0.620. The molecule has 0 saturated carbocycles. The van der Waals surface area contributed by atoms with Crippen LogP contribution in [0, 0.1) is 0 Å². The van der Waals surface area contributed by atoms with Crippen molar-refractivity contribution in [1.29, 1.82) is 0 Å². The number of carbonyl (C=O) groups is 1. The van der Waals surface area contributed by atoms with Gasteiger partial charge in [0.1, 0.15) is 9.84 Å². The number of amides is 1. The van der Waals surface area contributed by atoms with Gasteiger partial charge in [-0.1, -0.05) is 13.3 Å². The molecule has 0 aliphatic rings. The predicted octanol–water partition coefficient (Wildman–Crippen LogP) is -0.335. The van der Waals surface area contributed by atoms with E-state index in [-0.39, 0.29) is 11.7 Å². The first kappa shape index (κ1) is 14.4. The normalized spacial score (nSPS) is 13.5. The van der Waals surface area contributed by atoms with Crippen LogP contribution in [0.5, 0.6) is 0 Å². The Kier molecular flexibility index (Phi) is 6.51. The lowest BCUT2D eigenvalue weighted by Crippen LogP contribution is -2.41. The summed E-state index contributed by atoms with van der Waals surface area (Å²) in [5.41, 5.74) is 5.57. The van der Waals surface area contributed by atoms with Crippen LogP contribution in [0.15, 0.2) is 0 Å². The average molecular weight is 236 g/mol.